The van der Waals surface area contributed by atoms with Gasteiger partial charge in [0.15, 0.2) is 0 Å². The van der Waals surface area contributed by atoms with E-state index in [2.05, 4.69) is 35.9 Å². The van der Waals surface area contributed by atoms with Gasteiger partial charge in [0.1, 0.15) is 0 Å². The third-order valence-electron chi connectivity index (χ3n) is 4.87. The molecule has 1 aliphatic heterocycles. The molecule has 112 valence electrons. The Morgan fingerprint density at radius 1 is 1.16 bits per heavy atom. The molecule has 1 heterocycles. The summed E-state index contributed by atoms with van der Waals surface area (Å²) in [6.07, 6.45) is 9.83. The molecule has 1 saturated heterocycles. The Hall–Kier alpha value is 0.270. The third-order valence-corrected chi connectivity index (χ3v) is 6.01. The zero-order chi connectivity index (χ0) is 13.5. The number of rotatable bonds is 6. The topological polar surface area (TPSA) is 15.3 Å². The van der Waals surface area contributed by atoms with Crippen molar-refractivity contribution < 1.29 is 0 Å². The van der Waals surface area contributed by atoms with E-state index in [-0.39, 0.29) is 0 Å². The van der Waals surface area contributed by atoms with E-state index in [1.807, 2.05) is 0 Å². The number of thioether (sulfide) groups is 1. The van der Waals surface area contributed by atoms with Crippen molar-refractivity contribution in [2.45, 2.75) is 64.0 Å². The molecule has 3 atom stereocenters. The number of hydrogen-bond acceptors (Lipinski definition) is 3. The molecule has 19 heavy (non-hydrogen) atoms. The first-order chi connectivity index (χ1) is 9.31. The van der Waals surface area contributed by atoms with Gasteiger partial charge in [0, 0.05) is 24.4 Å². The third kappa shape index (κ3) is 4.95. The van der Waals surface area contributed by atoms with E-state index in [1.54, 1.807) is 0 Å². The minimum Gasteiger partial charge on any atom is -0.314 e. The molecule has 1 saturated carbocycles. The van der Waals surface area contributed by atoms with E-state index in [4.69, 9.17) is 0 Å². The SMILES string of the molecule is CCCNC1CCCCCC1CN(C)C1CCSC1. The van der Waals surface area contributed by atoms with Crippen LogP contribution in [0.25, 0.3) is 0 Å². The first-order valence-electron chi connectivity index (χ1n) is 8.32. The molecular formula is C16H32N2S. The zero-order valence-corrected chi connectivity index (χ0v) is 13.7. The van der Waals surface area contributed by atoms with Crippen LogP contribution in [-0.4, -0.2) is 48.6 Å². The summed E-state index contributed by atoms with van der Waals surface area (Å²) < 4.78 is 0. The highest BCUT2D eigenvalue weighted by molar-refractivity contribution is 7.99. The Morgan fingerprint density at radius 3 is 2.74 bits per heavy atom. The number of nitrogens with one attached hydrogen (secondary N) is 1. The molecule has 0 aromatic carbocycles. The van der Waals surface area contributed by atoms with Crippen LogP contribution in [0.1, 0.15) is 51.9 Å². The second kappa shape index (κ2) is 8.53. The fourth-order valence-electron chi connectivity index (χ4n) is 3.59. The van der Waals surface area contributed by atoms with Crippen LogP contribution in [0.2, 0.25) is 0 Å². The van der Waals surface area contributed by atoms with Gasteiger partial charge in [0.2, 0.25) is 0 Å². The molecule has 0 spiro atoms. The molecule has 0 bridgehead atoms. The van der Waals surface area contributed by atoms with Crippen molar-refractivity contribution in [1.29, 1.82) is 0 Å². The predicted octanol–water partition coefficient (Wildman–Crippen LogP) is 3.37. The monoisotopic (exact) mass is 284 g/mol. The van der Waals surface area contributed by atoms with Gasteiger partial charge in [0.05, 0.1) is 0 Å². The van der Waals surface area contributed by atoms with Crippen LogP contribution >= 0.6 is 11.8 Å². The summed E-state index contributed by atoms with van der Waals surface area (Å²) in [4.78, 5) is 2.66. The van der Waals surface area contributed by atoms with E-state index in [0.717, 1.165) is 18.0 Å². The average Bonchev–Trinajstić information content (AvgIpc) is 2.86. The highest BCUT2D eigenvalue weighted by atomic mass is 32.2. The quantitative estimate of drug-likeness (QED) is 0.753. The summed E-state index contributed by atoms with van der Waals surface area (Å²) >= 11 is 2.13. The Labute approximate surface area is 124 Å². The van der Waals surface area contributed by atoms with Gasteiger partial charge in [-0.1, -0.05) is 26.2 Å². The summed E-state index contributed by atoms with van der Waals surface area (Å²) in [5, 5.41) is 3.83. The highest BCUT2D eigenvalue weighted by Crippen LogP contribution is 2.27. The lowest BCUT2D eigenvalue weighted by molar-refractivity contribution is 0.187. The molecule has 1 N–H and O–H groups in total. The molecule has 3 heteroatoms. The lowest BCUT2D eigenvalue weighted by atomic mass is 9.93. The maximum absolute atomic E-state index is 3.83. The Balaban J connectivity index is 1.85. The van der Waals surface area contributed by atoms with Gasteiger partial charge in [-0.25, -0.2) is 0 Å². The van der Waals surface area contributed by atoms with Gasteiger partial charge in [-0.05, 0) is 50.9 Å². The summed E-state index contributed by atoms with van der Waals surface area (Å²) in [7, 11) is 2.36. The molecule has 0 aromatic rings. The van der Waals surface area contributed by atoms with Gasteiger partial charge in [-0.15, -0.1) is 0 Å². The normalized spacial score (nSPS) is 32.7. The molecule has 0 aromatic heterocycles. The van der Waals surface area contributed by atoms with Crippen LogP contribution in [0.4, 0.5) is 0 Å². The van der Waals surface area contributed by atoms with Crippen molar-refractivity contribution in [2.24, 2.45) is 5.92 Å². The fourth-order valence-corrected chi connectivity index (χ4v) is 4.89. The summed E-state index contributed by atoms with van der Waals surface area (Å²) in [6.45, 7) is 4.79. The molecule has 2 rings (SSSR count). The lowest BCUT2D eigenvalue weighted by Crippen LogP contribution is -2.44. The molecule has 2 nitrogen and oxygen atoms in total. The van der Waals surface area contributed by atoms with Gasteiger partial charge in [0.25, 0.3) is 0 Å². The second-order valence-electron chi connectivity index (χ2n) is 6.42. The van der Waals surface area contributed by atoms with Crippen LogP contribution in [0.5, 0.6) is 0 Å². The predicted molar refractivity (Wildman–Crippen MR) is 87.0 cm³/mol. The van der Waals surface area contributed by atoms with E-state index < -0.39 is 0 Å². The number of nitrogens with zero attached hydrogens (tertiary/aromatic N) is 1. The average molecular weight is 285 g/mol. The van der Waals surface area contributed by atoms with Crippen molar-refractivity contribution >= 4 is 11.8 Å². The summed E-state index contributed by atoms with van der Waals surface area (Å²) in [5.74, 6) is 3.61. The van der Waals surface area contributed by atoms with Crippen LogP contribution < -0.4 is 5.32 Å². The summed E-state index contributed by atoms with van der Waals surface area (Å²) in [6, 6.07) is 1.62. The molecular weight excluding hydrogens is 252 g/mol. The van der Waals surface area contributed by atoms with Crippen molar-refractivity contribution in [1.82, 2.24) is 10.2 Å². The standard InChI is InChI=1S/C16H32N2S/c1-3-10-17-16-8-6-4-5-7-14(16)12-18(2)15-9-11-19-13-15/h14-17H,3-13H2,1-2H3. The van der Waals surface area contributed by atoms with Crippen molar-refractivity contribution in [3.8, 4) is 0 Å². The molecule has 1 aliphatic carbocycles. The Morgan fingerprint density at radius 2 is 2.00 bits per heavy atom. The molecule has 0 radical (unpaired) electrons. The maximum Gasteiger partial charge on any atom is 0.0191 e. The first-order valence-corrected chi connectivity index (χ1v) is 9.48. The van der Waals surface area contributed by atoms with E-state index in [0.29, 0.717) is 0 Å². The summed E-state index contributed by atoms with van der Waals surface area (Å²) in [5.41, 5.74) is 0. The van der Waals surface area contributed by atoms with Gasteiger partial charge in [-0.2, -0.15) is 11.8 Å². The fraction of sp³-hybridized carbons (Fsp3) is 1.00. The first kappa shape index (κ1) is 15.7. The lowest BCUT2D eigenvalue weighted by Gasteiger charge is -2.33. The van der Waals surface area contributed by atoms with Gasteiger partial charge >= 0.3 is 0 Å². The molecule has 2 aliphatic rings. The molecule has 0 amide bonds. The molecule has 3 unspecified atom stereocenters. The van der Waals surface area contributed by atoms with E-state index in [9.17, 15) is 0 Å². The zero-order valence-electron chi connectivity index (χ0n) is 12.9. The minimum atomic E-state index is 0.777. The van der Waals surface area contributed by atoms with Crippen molar-refractivity contribution in [3.63, 3.8) is 0 Å². The van der Waals surface area contributed by atoms with Crippen LogP contribution in [0, 0.1) is 5.92 Å². The smallest absolute Gasteiger partial charge is 0.0191 e. The van der Waals surface area contributed by atoms with E-state index in [1.165, 1.54) is 69.5 Å². The second-order valence-corrected chi connectivity index (χ2v) is 7.57. The van der Waals surface area contributed by atoms with Crippen LogP contribution in [0.3, 0.4) is 0 Å². The van der Waals surface area contributed by atoms with Crippen LogP contribution in [-0.2, 0) is 0 Å². The van der Waals surface area contributed by atoms with Crippen molar-refractivity contribution in [3.05, 3.63) is 0 Å². The molecule has 2 fully saturated rings. The highest BCUT2D eigenvalue weighted by Gasteiger charge is 2.27. The van der Waals surface area contributed by atoms with Gasteiger partial charge in [-0.3, -0.25) is 0 Å². The number of hydrogen-bond donors (Lipinski definition) is 1. The minimum absolute atomic E-state index is 0.777. The largest absolute Gasteiger partial charge is 0.314 e. The maximum atomic E-state index is 3.83. The van der Waals surface area contributed by atoms with Crippen LogP contribution in [0.15, 0.2) is 0 Å². The Bertz CT molecular complexity index is 241. The van der Waals surface area contributed by atoms with Gasteiger partial charge < -0.3 is 10.2 Å². The van der Waals surface area contributed by atoms with E-state index >= 15 is 0 Å². The van der Waals surface area contributed by atoms with Crippen molar-refractivity contribution in [2.75, 3.05) is 31.6 Å². The Kier molecular flexibility index (Phi) is 7.03.